The van der Waals surface area contributed by atoms with Gasteiger partial charge in [-0.2, -0.15) is 0 Å². The first-order chi connectivity index (χ1) is 7.48. The summed E-state index contributed by atoms with van der Waals surface area (Å²) in [6.45, 7) is 2.17. The predicted molar refractivity (Wildman–Crippen MR) is 67.1 cm³/mol. The van der Waals surface area contributed by atoms with Crippen molar-refractivity contribution in [2.24, 2.45) is 5.41 Å². The number of hydrogen-bond donors (Lipinski definition) is 0. The summed E-state index contributed by atoms with van der Waals surface area (Å²) in [7, 11) is 0. The van der Waals surface area contributed by atoms with Gasteiger partial charge in [-0.25, -0.2) is 0 Å². The third-order valence-corrected chi connectivity index (χ3v) is 3.99. The van der Waals surface area contributed by atoms with Crippen molar-refractivity contribution in [2.45, 2.75) is 32.6 Å². The van der Waals surface area contributed by atoms with E-state index < -0.39 is 0 Å². The van der Waals surface area contributed by atoms with Gasteiger partial charge in [0.1, 0.15) is 5.78 Å². The van der Waals surface area contributed by atoms with Crippen LogP contribution >= 0.6 is 23.2 Å². The number of halogens is 2. The monoisotopic (exact) mass is 256 g/mol. The van der Waals surface area contributed by atoms with Gasteiger partial charge in [0, 0.05) is 12.8 Å². The summed E-state index contributed by atoms with van der Waals surface area (Å²) in [5, 5.41) is 1.17. The Bertz CT molecular complexity index is 428. The lowest BCUT2D eigenvalue weighted by molar-refractivity contribution is -0.117. The molecule has 86 valence electrons. The van der Waals surface area contributed by atoms with Crippen LogP contribution in [0.5, 0.6) is 0 Å². The van der Waals surface area contributed by atoms with Crippen LogP contribution in [0.1, 0.15) is 31.7 Å². The first-order valence-electron chi connectivity index (χ1n) is 5.44. The topological polar surface area (TPSA) is 17.1 Å². The van der Waals surface area contributed by atoms with Gasteiger partial charge in [0.15, 0.2) is 0 Å². The van der Waals surface area contributed by atoms with E-state index in [1.54, 1.807) is 0 Å². The van der Waals surface area contributed by atoms with Crippen molar-refractivity contribution in [3.05, 3.63) is 33.8 Å². The molecule has 0 aromatic heterocycles. The quantitative estimate of drug-likeness (QED) is 0.772. The molecule has 1 aliphatic carbocycles. The first-order valence-corrected chi connectivity index (χ1v) is 6.20. The SMILES string of the molecule is CC1(Cc2ccc(Cl)c(Cl)c2)CCC(=O)C1. The van der Waals surface area contributed by atoms with E-state index in [9.17, 15) is 4.79 Å². The molecule has 3 heteroatoms. The number of rotatable bonds is 2. The van der Waals surface area contributed by atoms with E-state index in [1.165, 1.54) is 0 Å². The van der Waals surface area contributed by atoms with E-state index in [2.05, 4.69) is 6.92 Å². The fraction of sp³-hybridized carbons (Fsp3) is 0.462. The minimum Gasteiger partial charge on any atom is -0.300 e. The van der Waals surface area contributed by atoms with Crippen molar-refractivity contribution >= 4 is 29.0 Å². The minimum absolute atomic E-state index is 0.105. The summed E-state index contributed by atoms with van der Waals surface area (Å²) < 4.78 is 0. The predicted octanol–water partition coefficient (Wildman–Crippen LogP) is 4.30. The second-order valence-corrected chi connectivity index (χ2v) is 5.77. The standard InChI is InChI=1S/C13H14Cl2O/c1-13(5-4-10(16)8-13)7-9-2-3-11(14)12(15)6-9/h2-3,6H,4-5,7-8H2,1H3. The second-order valence-electron chi connectivity index (χ2n) is 4.95. The summed E-state index contributed by atoms with van der Waals surface area (Å²) in [6, 6.07) is 5.71. The van der Waals surface area contributed by atoms with Crippen molar-refractivity contribution in [1.82, 2.24) is 0 Å². The van der Waals surface area contributed by atoms with Gasteiger partial charge in [-0.3, -0.25) is 4.79 Å². The maximum absolute atomic E-state index is 11.3. The van der Waals surface area contributed by atoms with E-state index in [1.807, 2.05) is 18.2 Å². The van der Waals surface area contributed by atoms with Crippen LogP contribution in [-0.2, 0) is 11.2 Å². The molecule has 1 aromatic rings. The van der Waals surface area contributed by atoms with Crippen LogP contribution in [0.2, 0.25) is 10.0 Å². The molecule has 1 unspecified atom stereocenters. The smallest absolute Gasteiger partial charge is 0.133 e. The number of carbonyl (C=O) groups is 1. The Balaban J connectivity index is 2.14. The van der Waals surface area contributed by atoms with E-state index in [0.717, 1.165) is 24.8 Å². The van der Waals surface area contributed by atoms with Crippen molar-refractivity contribution < 1.29 is 4.79 Å². The largest absolute Gasteiger partial charge is 0.300 e. The molecule has 0 heterocycles. The third kappa shape index (κ3) is 2.58. The first kappa shape index (κ1) is 11.9. The third-order valence-electron chi connectivity index (χ3n) is 3.25. The van der Waals surface area contributed by atoms with E-state index in [-0.39, 0.29) is 5.41 Å². The highest BCUT2D eigenvalue weighted by Crippen LogP contribution is 2.39. The van der Waals surface area contributed by atoms with Gasteiger partial charge < -0.3 is 0 Å². The molecular weight excluding hydrogens is 243 g/mol. The molecule has 0 amide bonds. The van der Waals surface area contributed by atoms with Crippen LogP contribution in [0, 0.1) is 5.41 Å². The van der Waals surface area contributed by atoms with E-state index in [4.69, 9.17) is 23.2 Å². The van der Waals surface area contributed by atoms with Crippen LogP contribution in [0.3, 0.4) is 0 Å². The lowest BCUT2D eigenvalue weighted by atomic mass is 9.82. The maximum atomic E-state index is 11.3. The maximum Gasteiger partial charge on any atom is 0.133 e. The van der Waals surface area contributed by atoms with Gasteiger partial charge in [-0.05, 0) is 36.0 Å². The van der Waals surface area contributed by atoms with Crippen LogP contribution in [0.4, 0.5) is 0 Å². The Kier molecular flexibility index (Phi) is 3.27. The zero-order chi connectivity index (χ0) is 11.8. The van der Waals surface area contributed by atoms with Gasteiger partial charge in [-0.15, -0.1) is 0 Å². The highest BCUT2D eigenvalue weighted by Gasteiger charge is 2.33. The van der Waals surface area contributed by atoms with Gasteiger partial charge in [-0.1, -0.05) is 36.2 Å². The van der Waals surface area contributed by atoms with E-state index in [0.29, 0.717) is 22.2 Å². The molecular formula is C13H14Cl2O. The van der Waals surface area contributed by atoms with Crippen LogP contribution in [0.15, 0.2) is 18.2 Å². The summed E-state index contributed by atoms with van der Waals surface area (Å²) in [6.07, 6.45) is 3.28. The fourth-order valence-electron chi connectivity index (χ4n) is 2.39. The Hall–Kier alpha value is -0.530. The van der Waals surface area contributed by atoms with Crippen molar-refractivity contribution in [2.75, 3.05) is 0 Å². The average Bonchev–Trinajstić information content (AvgIpc) is 2.52. The molecule has 0 aliphatic heterocycles. The number of carbonyl (C=O) groups excluding carboxylic acids is 1. The van der Waals surface area contributed by atoms with Gasteiger partial charge in [0.05, 0.1) is 10.0 Å². The normalized spacial score (nSPS) is 25.1. The molecule has 1 nitrogen and oxygen atoms in total. The van der Waals surface area contributed by atoms with Gasteiger partial charge >= 0.3 is 0 Å². The summed E-state index contributed by atoms with van der Waals surface area (Å²) >= 11 is 11.8. The Morgan fingerprint density at radius 1 is 1.31 bits per heavy atom. The number of hydrogen-bond acceptors (Lipinski definition) is 1. The van der Waals surface area contributed by atoms with Gasteiger partial charge in [0.2, 0.25) is 0 Å². The average molecular weight is 257 g/mol. The molecule has 16 heavy (non-hydrogen) atoms. The minimum atomic E-state index is 0.105. The lowest BCUT2D eigenvalue weighted by Crippen LogP contribution is -2.15. The zero-order valence-electron chi connectivity index (χ0n) is 9.22. The lowest BCUT2D eigenvalue weighted by Gasteiger charge is -2.22. The Morgan fingerprint density at radius 3 is 2.62 bits per heavy atom. The van der Waals surface area contributed by atoms with Gasteiger partial charge in [0.25, 0.3) is 0 Å². The fourth-order valence-corrected chi connectivity index (χ4v) is 2.71. The summed E-state index contributed by atoms with van der Waals surface area (Å²) in [5.41, 5.74) is 1.26. The number of benzene rings is 1. The highest BCUT2D eigenvalue weighted by atomic mass is 35.5. The van der Waals surface area contributed by atoms with Crippen LogP contribution in [-0.4, -0.2) is 5.78 Å². The molecule has 0 spiro atoms. The Labute approximate surface area is 106 Å². The molecule has 1 saturated carbocycles. The molecule has 0 saturated heterocycles. The van der Waals surface area contributed by atoms with Crippen molar-refractivity contribution in [3.63, 3.8) is 0 Å². The van der Waals surface area contributed by atoms with Crippen LogP contribution in [0.25, 0.3) is 0 Å². The zero-order valence-corrected chi connectivity index (χ0v) is 10.7. The molecule has 1 aromatic carbocycles. The summed E-state index contributed by atoms with van der Waals surface area (Å²) in [5.74, 6) is 0.377. The van der Waals surface area contributed by atoms with Crippen molar-refractivity contribution in [3.8, 4) is 0 Å². The van der Waals surface area contributed by atoms with Crippen LogP contribution < -0.4 is 0 Å². The Morgan fingerprint density at radius 2 is 2.06 bits per heavy atom. The molecule has 0 bridgehead atoms. The second kappa shape index (κ2) is 4.38. The summed E-state index contributed by atoms with van der Waals surface area (Å²) in [4.78, 5) is 11.3. The molecule has 1 fully saturated rings. The van der Waals surface area contributed by atoms with Crippen molar-refractivity contribution in [1.29, 1.82) is 0 Å². The molecule has 0 radical (unpaired) electrons. The number of ketones is 1. The molecule has 2 rings (SSSR count). The number of Topliss-reactive ketones (excluding diaryl/α,β-unsaturated/α-hetero) is 1. The molecule has 1 atom stereocenters. The molecule has 1 aliphatic rings. The highest BCUT2D eigenvalue weighted by molar-refractivity contribution is 6.42. The molecule has 0 N–H and O–H groups in total. The van der Waals surface area contributed by atoms with E-state index >= 15 is 0 Å².